The molecule has 2 aromatic rings. The van der Waals surface area contributed by atoms with Crippen LogP contribution in [-0.4, -0.2) is 11.1 Å². The summed E-state index contributed by atoms with van der Waals surface area (Å²) in [5, 5.41) is 9.21. The maximum absolute atomic E-state index is 11.6. The number of rotatable bonds is 4. The molecule has 1 heterocycles. The minimum absolute atomic E-state index is 0.0509. The van der Waals surface area contributed by atoms with E-state index in [-0.39, 0.29) is 12.4 Å². The third-order valence-electron chi connectivity index (χ3n) is 2.29. The van der Waals surface area contributed by atoms with Crippen molar-refractivity contribution >= 4 is 17.6 Å². The second-order valence-electron chi connectivity index (χ2n) is 3.70. The highest BCUT2D eigenvalue weighted by molar-refractivity contribution is 6.30. The van der Waals surface area contributed by atoms with Gasteiger partial charge < -0.3 is 14.3 Å². The van der Waals surface area contributed by atoms with Gasteiger partial charge in [-0.25, -0.2) is 4.79 Å². The van der Waals surface area contributed by atoms with Crippen LogP contribution in [0.15, 0.2) is 45.8 Å². The Morgan fingerprint density at radius 3 is 2.79 bits per heavy atom. The lowest BCUT2D eigenvalue weighted by atomic mass is 10.2. The number of carbonyl (C=O) groups is 1. The molecule has 1 aromatic heterocycles. The summed E-state index contributed by atoms with van der Waals surface area (Å²) in [6, 6.07) is 7.85. The molecule has 0 saturated heterocycles. The van der Waals surface area contributed by atoms with E-state index >= 15 is 0 Å². The fourth-order valence-electron chi connectivity index (χ4n) is 1.40. The second kappa shape index (κ2) is 5.58. The molecule has 19 heavy (non-hydrogen) atoms. The molecular formula is C13H9ClO5. The van der Waals surface area contributed by atoms with Crippen LogP contribution in [0.5, 0.6) is 5.75 Å². The highest BCUT2D eigenvalue weighted by Crippen LogP contribution is 2.13. The van der Waals surface area contributed by atoms with E-state index in [2.05, 4.69) is 0 Å². The number of carboxylic acid groups (broad SMARTS) is 1. The number of hydrogen-bond donors (Lipinski definition) is 1. The van der Waals surface area contributed by atoms with Crippen molar-refractivity contribution in [2.45, 2.75) is 6.61 Å². The van der Waals surface area contributed by atoms with Crippen LogP contribution in [0.3, 0.4) is 0 Å². The highest BCUT2D eigenvalue weighted by atomic mass is 35.5. The molecule has 1 aromatic carbocycles. The van der Waals surface area contributed by atoms with Gasteiger partial charge in [0, 0.05) is 11.1 Å². The van der Waals surface area contributed by atoms with Crippen LogP contribution in [0.4, 0.5) is 0 Å². The van der Waals surface area contributed by atoms with Gasteiger partial charge in [-0.1, -0.05) is 23.7 Å². The summed E-state index contributed by atoms with van der Waals surface area (Å²) in [5.74, 6) is -1.79. The molecule has 0 atom stereocenters. The third kappa shape index (κ3) is 3.35. The van der Waals surface area contributed by atoms with Crippen LogP contribution in [0.25, 0.3) is 0 Å². The Labute approximate surface area is 113 Å². The molecule has 1 N–H and O–H groups in total. The van der Waals surface area contributed by atoms with Crippen LogP contribution in [-0.2, 0) is 6.61 Å². The summed E-state index contributed by atoms with van der Waals surface area (Å²) < 4.78 is 10.0. The van der Waals surface area contributed by atoms with Crippen molar-refractivity contribution in [1.29, 1.82) is 0 Å². The number of benzene rings is 1. The largest absolute Gasteiger partial charge is 0.482 e. The summed E-state index contributed by atoms with van der Waals surface area (Å²) in [7, 11) is 0. The highest BCUT2D eigenvalue weighted by Gasteiger charge is 2.10. The zero-order valence-electron chi connectivity index (χ0n) is 9.63. The minimum Gasteiger partial charge on any atom is -0.482 e. The van der Waals surface area contributed by atoms with Gasteiger partial charge in [0.05, 0.1) is 0 Å². The predicted octanol–water partition coefficient (Wildman–Crippen LogP) is 2.57. The third-order valence-corrected chi connectivity index (χ3v) is 2.53. The molecule has 0 aliphatic rings. The van der Waals surface area contributed by atoms with Gasteiger partial charge in [-0.15, -0.1) is 0 Å². The molecule has 0 radical (unpaired) electrons. The van der Waals surface area contributed by atoms with Gasteiger partial charge in [0.25, 0.3) is 0 Å². The molecule has 0 aliphatic heterocycles. The smallest absolute Gasteiger partial charge is 0.371 e. The molecule has 6 heteroatoms. The molecule has 0 aliphatic carbocycles. The normalized spacial score (nSPS) is 10.2. The lowest BCUT2D eigenvalue weighted by molar-refractivity contribution is 0.0658. The van der Waals surface area contributed by atoms with E-state index in [1.165, 1.54) is 0 Å². The topological polar surface area (TPSA) is 76.7 Å². The number of ether oxygens (including phenoxy) is 1. The number of carboxylic acids is 1. The number of hydrogen-bond acceptors (Lipinski definition) is 4. The number of halogens is 1. The Kier molecular flexibility index (Phi) is 3.87. The van der Waals surface area contributed by atoms with E-state index in [4.69, 9.17) is 25.9 Å². The average Bonchev–Trinajstić information content (AvgIpc) is 2.37. The zero-order chi connectivity index (χ0) is 13.8. The molecule has 5 nitrogen and oxygen atoms in total. The Morgan fingerprint density at radius 1 is 1.37 bits per heavy atom. The monoisotopic (exact) mass is 280 g/mol. The average molecular weight is 281 g/mol. The Hall–Kier alpha value is -2.27. The van der Waals surface area contributed by atoms with Crippen molar-refractivity contribution in [2.75, 3.05) is 0 Å². The standard InChI is InChI=1S/C13H9ClO5/c14-9-3-1-2-8(4-9)6-18-12-7-19-11(13(16)17)5-10(12)15/h1-5,7H,6H2,(H,16,17). The van der Waals surface area contributed by atoms with E-state index < -0.39 is 17.2 Å². The Bertz CT molecular complexity index is 662. The van der Waals surface area contributed by atoms with Crippen molar-refractivity contribution in [3.63, 3.8) is 0 Å². The number of aromatic carboxylic acids is 1. The van der Waals surface area contributed by atoms with Crippen molar-refractivity contribution < 1.29 is 19.1 Å². The second-order valence-corrected chi connectivity index (χ2v) is 4.13. The van der Waals surface area contributed by atoms with Crippen molar-refractivity contribution in [3.05, 3.63) is 63.2 Å². The van der Waals surface area contributed by atoms with E-state index in [0.717, 1.165) is 17.9 Å². The van der Waals surface area contributed by atoms with Gasteiger partial charge in [-0.05, 0) is 17.7 Å². The maximum atomic E-state index is 11.6. The summed E-state index contributed by atoms with van der Waals surface area (Å²) >= 11 is 5.81. The lowest BCUT2D eigenvalue weighted by Gasteiger charge is -2.05. The fraction of sp³-hybridized carbons (Fsp3) is 0.0769. The van der Waals surface area contributed by atoms with Crippen LogP contribution in [0.2, 0.25) is 5.02 Å². The van der Waals surface area contributed by atoms with E-state index in [9.17, 15) is 9.59 Å². The van der Waals surface area contributed by atoms with Crippen LogP contribution < -0.4 is 10.2 Å². The van der Waals surface area contributed by atoms with Crippen LogP contribution >= 0.6 is 11.6 Å². The molecular weight excluding hydrogens is 272 g/mol. The van der Waals surface area contributed by atoms with Crippen molar-refractivity contribution in [2.24, 2.45) is 0 Å². The Balaban J connectivity index is 2.12. The first-order valence-corrected chi connectivity index (χ1v) is 5.67. The van der Waals surface area contributed by atoms with Gasteiger partial charge in [0.1, 0.15) is 12.9 Å². The molecule has 98 valence electrons. The van der Waals surface area contributed by atoms with Gasteiger partial charge in [0.2, 0.25) is 16.9 Å². The first-order chi connectivity index (χ1) is 9.06. The van der Waals surface area contributed by atoms with E-state index in [0.29, 0.717) is 5.02 Å². The first kappa shape index (κ1) is 13.2. The van der Waals surface area contributed by atoms with Crippen LogP contribution in [0.1, 0.15) is 16.1 Å². The summed E-state index contributed by atoms with van der Waals surface area (Å²) in [6.45, 7) is 0.137. The molecule has 0 bridgehead atoms. The predicted molar refractivity (Wildman–Crippen MR) is 67.7 cm³/mol. The van der Waals surface area contributed by atoms with Gasteiger partial charge in [0.15, 0.2) is 0 Å². The maximum Gasteiger partial charge on any atom is 0.371 e. The first-order valence-electron chi connectivity index (χ1n) is 5.29. The molecule has 0 amide bonds. The summed E-state index contributed by atoms with van der Waals surface area (Å²) in [6.07, 6.45) is 0.982. The van der Waals surface area contributed by atoms with Crippen molar-refractivity contribution in [3.8, 4) is 5.75 Å². The lowest BCUT2D eigenvalue weighted by Crippen LogP contribution is -2.10. The van der Waals surface area contributed by atoms with Crippen molar-refractivity contribution in [1.82, 2.24) is 0 Å². The SMILES string of the molecule is O=C(O)c1cc(=O)c(OCc2cccc(Cl)c2)co1. The van der Waals surface area contributed by atoms with Crippen LogP contribution in [0, 0.1) is 0 Å². The van der Waals surface area contributed by atoms with Gasteiger partial charge >= 0.3 is 5.97 Å². The zero-order valence-corrected chi connectivity index (χ0v) is 10.4. The van der Waals surface area contributed by atoms with E-state index in [1.807, 2.05) is 0 Å². The summed E-state index contributed by atoms with van der Waals surface area (Å²) in [4.78, 5) is 22.2. The molecule has 0 unspecified atom stereocenters. The summed E-state index contributed by atoms with van der Waals surface area (Å²) in [5.41, 5.74) is 0.236. The van der Waals surface area contributed by atoms with Gasteiger partial charge in [-0.3, -0.25) is 4.79 Å². The molecule has 0 fully saturated rings. The van der Waals surface area contributed by atoms with E-state index in [1.54, 1.807) is 24.3 Å². The molecule has 0 saturated carbocycles. The molecule has 0 spiro atoms. The minimum atomic E-state index is -1.31. The fourth-order valence-corrected chi connectivity index (χ4v) is 1.62. The Morgan fingerprint density at radius 2 is 2.16 bits per heavy atom. The van der Waals surface area contributed by atoms with Gasteiger partial charge in [-0.2, -0.15) is 0 Å². The quantitative estimate of drug-likeness (QED) is 0.931. The molecule has 2 rings (SSSR count).